The van der Waals surface area contributed by atoms with E-state index in [4.69, 9.17) is 0 Å². The van der Waals surface area contributed by atoms with Crippen LogP contribution in [0.2, 0.25) is 0 Å². The van der Waals surface area contributed by atoms with Gasteiger partial charge in [0.05, 0.1) is 23.3 Å². The molecule has 0 saturated carbocycles. The minimum absolute atomic E-state index is 0.727. The van der Waals surface area contributed by atoms with Crippen LogP contribution in [0.25, 0.3) is 0 Å². The molecule has 0 fully saturated rings. The molecule has 0 aliphatic carbocycles. The number of rotatable bonds is 0. The molecular formula is C62H82N18. The fourth-order valence-electron chi connectivity index (χ4n) is 6.08. The maximum Gasteiger partial charge on any atom is 0.148 e. The van der Waals surface area contributed by atoms with Gasteiger partial charge in [0.1, 0.15) is 41.8 Å². The number of pyridine rings is 4. The number of aryl methyl sites for hydroxylation is 20. The lowest BCUT2D eigenvalue weighted by Crippen LogP contribution is -1.91. The van der Waals surface area contributed by atoms with Gasteiger partial charge in [0.2, 0.25) is 0 Å². The molecule has 0 N–H and O–H groups in total. The Morgan fingerprint density at radius 2 is 0.600 bits per heavy atom. The third-order valence-corrected chi connectivity index (χ3v) is 9.39. The SMILES string of the molecule is Cc1cc(C)ncn1.Cc1cccc(C)n1.Cc1ccnc(C)c1.Cc1ccnc(C)c1.Cc1ccnc(C)n1.Cc1ccnc(C)n1.Cc1cncc(C)c1.Cc1cncc(C)n1.Cc1cnnc(C)n1.Cc1ncnc(C)n1. The quantitative estimate of drug-likeness (QED) is 0.137. The van der Waals surface area contributed by atoms with E-state index in [1.807, 2.05) is 198 Å². The van der Waals surface area contributed by atoms with Crippen molar-refractivity contribution >= 4 is 0 Å². The first kappa shape index (κ1) is 69.0. The average molecular weight is 1080 g/mol. The highest BCUT2D eigenvalue weighted by molar-refractivity contribution is 5.15. The van der Waals surface area contributed by atoms with E-state index in [-0.39, 0.29) is 0 Å². The molecule has 0 bridgehead atoms. The Kier molecular flexibility index (Phi) is 34.6. The van der Waals surface area contributed by atoms with Crippen LogP contribution >= 0.6 is 0 Å². The van der Waals surface area contributed by atoms with Crippen LogP contribution in [0.5, 0.6) is 0 Å². The van der Waals surface area contributed by atoms with Gasteiger partial charge in [-0.25, -0.2) is 49.8 Å². The maximum absolute atomic E-state index is 4.17. The highest BCUT2D eigenvalue weighted by Gasteiger charge is 1.90. The van der Waals surface area contributed by atoms with E-state index in [9.17, 15) is 0 Å². The number of hydrogen-bond donors (Lipinski definition) is 0. The smallest absolute Gasteiger partial charge is 0.148 e. The second kappa shape index (κ2) is 40.2. The highest BCUT2D eigenvalue weighted by atomic mass is 15.1. The lowest BCUT2D eigenvalue weighted by Gasteiger charge is -1.90. The van der Waals surface area contributed by atoms with Crippen molar-refractivity contribution in [2.75, 3.05) is 0 Å². The molecule has 420 valence electrons. The van der Waals surface area contributed by atoms with Crippen LogP contribution in [-0.2, 0) is 0 Å². The molecule has 10 rings (SSSR count). The molecule has 0 radical (unpaired) electrons. The van der Waals surface area contributed by atoms with Crippen molar-refractivity contribution in [3.05, 3.63) is 249 Å². The monoisotopic (exact) mass is 1080 g/mol. The summed E-state index contributed by atoms with van der Waals surface area (Å²) in [6.07, 6.45) is 19.1. The molecule has 0 aliphatic rings. The van der Waals surface area contributed by atoms with E-state index in [0.29, 0.717) is 0 Å². The normalized spacial score (nSPS) is 9.25. The maximum atomic E-state index is 4.17. The van der Waals surface area contributed by atoms with Crippen molar-refractivity contribution in [1.29, 1.82) is 0 Å². The van der Waals surface area contributed by atoms with E-state index < -0.39 is 0 Å². The number of nitrogens with zero attached hydrogens (tertiary/aromatic N) is 18. The minimum atomic E-state index is 0.727. The van der Waals surface area contributed by atoms with Crippen molar-refractivity contribution in [1.82, 2.24) is 89.9 Å². The second-order valence-corrected chi connectivity index (χ2v) is 18.2. The molecule has 0 spiro atoms. The summed E-state index contributed by atoms with van der Waals surface area (Å²) in [6.45, 7) is 39.0. The topological polar surface area (TPSA) is 232 Å². The second-order valence-electron chi connectivity index (χ2n) is 18.2. The van der Waals surface area contributed by atoms with Crippen molar-refractivity contribution in [2.45, 2.75) is 138 Å². The largest absolute Gasteiger partial charge is 0.264 e. The molecule has 10 aromatic rings. The third-order valence-electron chi connectivity index (χ3n) is 9.39. The van der Waals surface area contributed by atoms with Crippen molar-refractivity contribution in [3.8, 4) is 0 Å². The molecule has 18 heteroatoms. The van der Waals surface area contributed by atoms with Crippen molar-refractivity contribution < 1.29 is 0 Å². The summed E-state index contributed by atoms with van der Waals surface area (Å²) >= 11 is 0. The summed E-state index contributed by atoms with van der Waals surface area (Å²) < 4.78 is 0. The first-order valence-electron chi connectivity index (χ1n) is 25.7. The Bertz CT molecular complexity index is 2380. The van der Waals surface area contributed by atoms with E-state index in [2.05, 4.69) is 122 Å². The fourth-order valence-corrected chi connectivity index (χ4v) is 6.08. The number of aromatic nitrogens is 18. The zero-order chi connectivity index (χ0) is 59.8. The van der Waals surface area contributed by atoms with Gasteiger partial charge >= 0.3 is 0 Å². The summed E-state index contributed by atoms with van der Waals surface area (Å²) in [5.74, 6) is 3.95. The molecule has 10 heterocycles. The van der Waals surface area contributed by atoms with Gasteiger partial charge < -0.3 is 0 Å². The van der Waals surface area contributed by atoms with Gasteiger partial charge in [-0.2, -0.15) is 5.10 Å². The Morgan fingerprint density at radius 1 is 0.237 bits per heavy atom. The predicted molar refractivity (Wildman–Crippen MR) is 319 cm³/mol. The molecule has 0 aliphatic heterocycles. The predicted octanol–water partition coefficient (Wildman–Crippen LogP) is 12.1. The van der Waals surface area contributed by atoms with Gasteiger partial charge in [-0.15, -0.1) is 5.10 Å². The summed E-state index contributed by atoms with van der Waals surface area (Å²) in [5, 5.41) is 7.35. The molecule has 0 aromatic carbocycles. The lowest BCUT2D eigenvalue weighted by atomic mass is 10.2. The fraction of sp³-hybridized carbons (Fsp3) is 0.323. The van der Waals surface area contributed by atoms with Crippen molar-refractivity contribution in [2.24, 2.45) is 0 Å². The first-order chi connectivity index (χ1) is 37.9. The van der Waals surface area contributed by atoms with Gasteiger partial charge in [0.15, 0.2) is 0 Å². The van der Waals surface area contributed by atoms with E-state index in [1.165, 1.54) is 28.6 Å². The Balaban J connectivity index is 0.000000444. The summed E-state index contributed by atoms with van der Waals surface area (Å²) in [4.78, 5) is 63.7. The molecule has 0 unspecified atom stereocenters. The summed E-state index contributed by atoms with van der Waals surface area (Å²) in [5.41, 5.74) is 16.3. The van der Waals surface area contributed by atoms with Crippen LogP contribution in [-0.4, -0.2) is 89.9 Å². The molecule has 80 heavy (non-hydrogen) atoms. The van der Waals surface area contributed by atoms with Gasteiger partial charge in [-0.05, 0) is 215 Å². The van der Waals surface area contributed by atoms with E-state index >= 15 is 0 Å². The molecule has 10 aromatic heterocycles. The van der Waals surface area contributed by atoms with Crippen LogP contribution in [0.3, 0.4) is 0 Å². The zero-order valence-corrected chi connectivity index (χ0v) is 50.8. The van der Waals surface area contributed by atoms with Crippen LogP contribution in [0, 0.1) is 138 Å². The van der Waals surface area contributed by atoms with Crippen LogP contribution in [0.1, 0.15) is 114 Å². The van der Waals surface area contributed by atoms with Gasteiger partial charge in [-0.1, -0.05) is 12.1 Å². The van der Waals surface area contributed by atoms with Crippen LogP contribution < -0.4 is 0 Å². The minimum Gasteiger partial charge on any atom is -0.264 e. The highest BCUT2D eigenvalue weighted by Crippen LogP contribution is 1.99. The molecular weight excluding hydrogens is 997 g/mol. The summed E-state index contributed by atoms with van der Waals surface area (Å²) in [7, 11) is 0. The Morgan fingerprint density at radius 3 is 0.838 bits per heavy atom. The van der Waals surface area contributed by atoms with Gasteiger partial charge in [-0.3, -0.25) is 29.9 Å². The number of hydrogen-bond acceptors (Lipinski definition) is 18. The van der Waals surface area contributed by atoms with Crippen LogP contribution in [0.4, 0.5) is 0 Å². The molecule has 18 nitrogen and oxygen atoms in total. The van der Waals surface area contributed by atoms with E-state index in [0.717, 1.165) is 91.8 Å². The molecule has 0 atom stereocenters. The van der Waals surface area contributed by atoms with Crippen molar-refractivity contribution in [3.63, 3.8) is 0 Å². The Hall–Kier alpha value is -9.06. The van der Waals surface area contributed by atoms with Gasteiger partial charge in [0.25, 0.3) is 0 Å². The van der Waals surface area contributed by atoms with Crippen LogP contribution in [0.15, 0.2) is 135 Å². The summed E-state index contributed by atoms with van der Waals surface area (Å²) in [6, 6.07) is 21.9. The van der Waals surface area contributed by atoms with E-state index in [1.54, 1.807) is 37.3 Å². The third kappa shape index (κ3) is 38.5. The van der Waals surface area contributed by atoms with Gasteiger partial charge in [0, 0.05) is 95.1 Å². The average Bonchev–Trinajstić information content (AvgIpc) is 3.35. The Labute approximate surface area is 475 Å². The standard InChI is InChI=1S/4C7H9N.4C6H8N2.2C5H7N3/c1-6-3-7(2)5-8-4-6;2*1-6-3-4-8-7(2)5-6;1-6-4-3-5-7(2)8-6;1-5-3-7-4-6(2)8-5;1-5-3-6(2)8-4-7-5;2*1-5-3-4-7-6(2)8-5;1-4-6-3-7-5(2)8-4;1-4-3-6-8-5(2)7-4/h4*3-5H,1-2H3;4*3-4H,1-2H3;2*3H,1-2H3. The first-order valence-corrected chi connectivity index (χ1v) is 25.7. The molecule has 0 saturated heterocycles. The molecule has 0 amide bonds. The zero-order valence-electron chi connectivity index (χ0n) is 50.8. The lowest BCUT2D eigenvalue weighted by molar-refractivity contribution is 0.882.